The summed E-state index contributed by atoms with van der Waals surface area (Å²) in [5.74, 6) is 0.957. The summed E-state index contributed by atoms with van der Waals surface area (Å²) in [6.45, 7) is 6.68. The highest BCUT2D eigenvalue weighted by Gasteiger charge is 2.41. The van der Waals surface area contributed by atoms with Gasteiger partial charge in [-0.05, 0) is 38.5 Å². The van der Waals surface area contributed by atoms with Gasteiger partial charge in [-0.1, -0.05) is 6.92 Å². The van der Waals surface area contributed by atoms with Crippen LogP contribution in [0, 0.1) is 17.8 Å². The van der Waals surface area contributed by atoms with Crippen LogP contribution in [0.4, 0.5) is 0 Å². The van der Waals surface area contributed by atoms with Gasteiger partial charge in [0.15, 0.2) is 0 Å². The van der Waals surface area contributed by atoms with Gasteiger partial charge in [0.2, 0.25) is 5.91 Å². The summed E-state index contributed by atoms with van der Waals surface area (Å²) in [6, 6.07) is 0. The molecule has 17 heavy (non-hydrogen) atoms. The zero-order chi connectivity index (χ0) is 12.6. The Kier molecular flexibility index (Phi) is 3.99. The Labute approximate surface area is 108 Å². The molecule has 98 valence electrons. The molecule has 1 amide bonds. The molecule has 1 heterocycles. The van der Waals surface area contributed by atoms with Crippen molar-refractivity contribution < 1.29 is 9.53 Å². The summed E-state index contributed by atoms with van der Waals surface area (Å²) < 4.78 is 5.68. The van der Waals surface area contributed by atoms with Gasteiger partial charge in [0.05, 0.1) is 23.5 Å². The number of halogens is 1. The third kappa shape index (κ3) is 2.94. The van der Waals surface area contributed by atoms with Crippen molar-refractivity contribution in [3.8, 4) is 0 Å². The van der Waals surface area contributed by atoms with E-state index >= 15 is 0 Å². The van der Waals surface area contributed by atoms with E-state index < -0.39 is 0 Å². The predicted octanol–water partition coefficient (Wildman–Crippen LogP) is 2.18. The molecular weight excluding hydrogens is 238 g/mol. The van der Waals surface area contributed by atoms with E-state index in [1.807, 2.05) is 13.8 Å². The average molecular weight is 260 g/mol. The highest BCUT2D eigenvalue weighted by Crippen LogP contribution is 2.36. The van der Waals surface area contributed by atoms with Crippen molar-refractivity contribution in [1.29, 1.82) is 0 Å². The van der Waals surface area contributed by atoms with Crippen molar-refractivity contribution in [3.05, 3.63) is 0 Å². The van der Waals surface area contributed by atoms with Crippen LogP contribution in [0.3, 0.4) is 0 Å². The first-order chi connectivity index (χ1) is 8.00. The van der Waals surface area contributed by atoms with Crippen LogP contribution in [-0.4, -0.2) is 30.0 Å². The lowest BCUT2D eigenvalue weighted by Gasteiger charge is -2.19. The molecule has 0 radical (unpaired) electrons. The summed E-state index contributed by atoms with van der Waals surface area (Å²) in [7, 11) is 0. The fourth-order valence-corrected chi connectivity index (χ4v) is 2.99. The zero-order valence-corrected chi connectivity index (χ0v) is 11.5. The van der Waals surface area contributed by atoms with E-state index in [1.54, 1.807) is 0 Å². The average Bonchev–Trinajstić information content (AvgIpc) is 3.06. The summed E-state index contributed by atoms with van der Waals surface area (Å²) in [6.07, 6.45) is 2.59. The number of nitrogens with one attached hydrogen (secondary N) is 1. The molecule has 0 spiro atoms. The van der Waals surface area contributed by atoms with Gasteiger partial charge in [-0.25, -0.2) is 0 Å². The molecule has 1 saturated carbocycles. The minimum Gasteiger partial charge on any atom is -0.374 e. The minimum absolute atomic E-state index is 0.00898. The topological polar surface area (TPSA) is 38.3 Å². The molecule has 0 aromatic rings. The first kappa shape index (κ1) is 13.2. The maximum absolute atomic E-state index is 12.1. The van der Waals surface area contributed by atoms with Crippen molar-refractivity contribution in [2.45, 2.75) is 51.2 Å². The van der Waals surface area contributed by atoms with Crippen molar-refractivity contribution >= 4 is 17.5 Å². The highest BCUT2D eigenvalue weighted by molar-refractivity contribution is 6.21. The monoisotopic (exact) mass is 259 g/mol. The number of hydrogen-bond acceptors (Lipinski definition) is 2. The molecule has 1 aliphatic carbocycles. The fraction of sp³-hybridized carbons (Fsp3) is 0.923. The van der Waals surface area contributed by atoms with Gasteiger partial charge in [-0.3, -0.25) is 4.79 Å². The van der Waals surface area contributed by atoms with Crippen molar-refractivity contribution in [2.75, 3.05) is 6.54 Å². The van der Waals surface area contributed by atoms with Crippen LogP contribution >= 0.6 is 11.6 Å². The van der Waals surface area contributed by atoms with Gasteiger partial charge in [0, 0.05) is 6.54 Å². The Balaban J connectivity index is 1.82. The smallest absolute Gasteiger partial charge is 0.226 e. The molecule has 5 unspecified atom stereocenters. The van der Waals surface area contributed by atoms with Gasteiger partial charge in [0.1, 0.15) is 0 Å². The molecule has 1 N–H and O–H groups in total. The van der Waals surface area contributed by atoms with Crippen LogP contribution in [0.5, 0.6) is 0 Å². The summed E-state index contributed by atoms with van der Waals surface area (Å²) >= 11 is 6.18. The lowest BCUT2D eigenvalue weighted by Crippen LogP contribution is -2.40. The second-order valence-electron chi connectivity index (χ2n) is 5.53. The third-order valence-corrected chi connectivity index (χ3v) is 4.66. The molecule has 1 saturated heterocycles. The Bertz CT molecular complexity index is 293. The fourth-order valence-electron chi connectivity index (χ4n) is 2.66. The van der Waals surface area contributed by atoms with Gasteiger partial charge < -0.3 is 10.1 Å². The largest absolute Gasteiger partial charge is 0.374 e. The molecule has 1 aliphatic heterocycles. The number of alkyl halides is 1. The summed E-state index contributed by atoms with van der Waals surface area (Å²) in [5.41, 5.74) is 0. The molecule has 4 heteroatoms. The Morgan fingerprint density at radius 2 is 2.00 bits per heavy atom. The first-order valence-corrected chi connectivity index (χ1v) is 7.01. The Morgan fingerprint density at radius 1 is 1.35 bits per heavy atom. The molecule has 2 rings (SSSR count). The normalized spacial score (nSPS) is 39.1. The summed E-state index contributed by atoms with van der Waals surface area (Å²) in [5, 5.41) is 3.08. The van der Waals surface area contributed by atoms with E-state index in [9.17, 15) is 4.79 Å². The number of carbonyl (C=O) groups is 1. The van der Waals surface area contributed by atoms with E-state index in [0.29, 0.717) is 12.5 Å². The van der Waals surface area contributed by atoms with Gasteiger partial charge in [-0.15, -0.1) is 11.6 Å². The molecular formula is C13H22ClNO2. The van der Waals surface area contributed by atoms with Crippen LogP contribution in [0.15, 0.2) is 0 Å². The summed E-state index contributed by atoms with van der Waals surface area (Å²) in [4.78, 5) is 12.1. The molecule has 0 aromatic carbocycles. The second kappa shape index (κ2) is 5.15. The standard InChI is InChI=1S/C13H22ClNO2/c1-7-8(2)17-9(3)12(7)13(16)15-6-11(14)10-4-5-10/h7-12H,4-6H2,1-3H3,(H,15,16). The van der Waals surface area contributed by atoms with Crippen LogP contribution in [0.25, 0.3) is 0 Å². The first-order valence-electron chi connectivity index (χ1n) is 6.58. The van der Waals surface area contributed by atoms with Crippen LogP contribution < -0.4 is 5.32 Å². The molecule has 2 aliphatic rings. The SMILES string of the molecule is CC1OC(C)C(C(=O)NCC(Cl)C2CC2)C1C. The molecule has 5 atom stereocenters. The van der Waals surface area contributed by atoms with Gasteiger partial charge in [0.25, 0.3) is 0 Å². The van der Waals surface area contributed by atoms with Crippen LogP contribution in [-0.2, 0) is 9.53 Å². The van der Waals surface area contributed by atoms with Crippen LogP contribution in [0.1, 0.15) is 33.6 Å². The maximum Gasteiger partial charge on any atom is 0.226 e. The number of amides is 1. The lowest BCUT2D eigenvalue weighted by molar-refractivity contribution is -0.127. The van der Waals surface area contributed by atoms with E-state index in [0.717, 1.165) is 0 Å². The number of ether oxygens (including phenoxy) is 1. The van der Waals surface area contributed by atoms with Crippen molar-refractivity contribution in [2.24, 2.45) is 17.8 Å². The van der Waals surface area contributed by atoms with Gasteiger partial charge >= 0.3 is 0 Å². The number of rotatable bonds is 4. The quantitative estimate of drug-likeness (QED) is 0.786. The highest BCUT2D eigenvalue weighted by atomic mass is 35.5. The maximum atomic E-state index is 12.1. The number of carbonyl (C=O) groups excluding carboxylic acids is 1. The minimum atomic E-state index is -0.0342. The molecule has 0 aromatic heterocycles. The lowest BCUT2D eigenvalue weighted by atomic mass is 9.89. The third-order valence-electron chi connectivity index (χ3n) is 4.15. The van der Waals surface area contributed by atoms with Gasteiger partial charge in [-0.2, -0.15) is 0 Å². The van der Waals surface area contributed by atoms with E-state index in [2.05, 4.69) is 12.2 Å². The molecule has 2 fully saturated rings. The molecule has 3 nitrogen and oxygen atoms in total. The van der Waals surface area contributed by atoms with Crippen molar-refractivity contribution in [3.63, 3.8) is 0 Å². The number of hydrogen-bond donors (Lipinski definition) is 1. The predicted molar refractivity (Wildman–Crippen MR) is 68.0 cm³/mol. The van der Waals surface area contributed by atoms with Crippen molar-refractivity contribution in [1.82, 2.24) is 5.32 Å². The van der Waals surface area contributed by atoms with E-state index in [1.165, 1.54) is 12.8 Å². The van der Waals surface area contributed by atoms with E-state index in [4.69, 9.17) is 16.3 Å². The van der Waals surface area contributed by atoms with E-state index in [-0.39, 0.29) is 35.3 Å². The Hall–Kier alpha value is -0.280. The molecule has 0 bridgehead atoms. The Morgan fingerprint density at radius 3 is 2.47 bits per heavy atom. The second-order valence-corrected chi connectivity index (χ2v) is 6.09. The zero-order valence-electron chi connectivity index (χ0n) is 10.8. The van der Waals surface area contributed by atoms with Crippen LogP contribution in [0.2, 0.25) is 0 Å².